The van der Waals surface area contributed by atoms with Crippen molar-refractivity contribution in [2.24, 2.45) is 5.92 Å². The Hall–Kier alpha value is -1.55. The number of likely N-dealkylation sites (tertiary alicyclic amines) is 1. The molecule has 3 N–H and O–H groups in total. The van der Waals surface area contributed by atoms with Crippen LogP contribution in [0.1, 0.15) is 24.8 Å². The minimum Gasteiger partial charge on any atom is -0.481 e. The predicted octanol–water partition coefficient (Wildman–Crippen LogP) is 1.96. The molecule has 0 radical (unpaired) electrons. The second-order valence-corrected chi connectivity index (χ2v) is 5.06. The zero-order valence-corrected chi connectivity index (χ0v) is 10.5. The lowest BCUT2D eigenvalue weighted by Gasteiger charge is -2.31. The molecule has 1 aromatic carbocycles. The molecule has 1 aliphatic heterocycles. The third-order valence-electron chi connectivity index (χ3n) is 3.56. The summed E-state index contributed by atoms with van der Waals surface area (Å²) in [6.45, 7) is 2.91. The Balaban J connectivity index is 1.79. The number of hydrogen-bond acceptors (Lipinski definition) is 3. The zero-order chi connectivity index (χ0) is 13.0. The molecule has 98 valence electrons. The van der Waals surface area contributed by atoms with Gasteiger partial charge in [-0.05, 0) is 49.5 Å². The molecule has 0 aliphatic carbocycles. The summed E-state index contributed by atoms with van der Waals surface area (Å²) in [5.41, 5.74) is 7.71. The van der Waals surface area contributed by atoms with E-state index in [4.69, 9.17) is 10.8 Å². The fourth-order valence-corrected chi connectivity index (χ4v) is 2.48. The second kappa shape index (κ2) is 5.87. The molecule has 18 heavy (non-hydrogen) atoms. The Morgan fingerprint density at radius 3 is 2.44 bits per heavy atom. The van der Waals surface area contributed by atoms with Gasteiger partial charge >= 0.3 is 5.97 Å². The maximum atomic E-state index is 10.6. The fraction of sp³-hybridized carbons (Fsp3) is 0.500. The number of carbonyl (C=O) groups is 1. The number of carboxylic acid groups (broad SMARTS) is 1. The molecule has 0 unspecified atom stereocenters. The van der Waals surface area contributed by atoms with Crippen molar-refractivity contribution in [3.8, 4) is 0 Å². The van der Waals surface area contributed by atoms with Gasteiger partial charge in [0.05, 0.1) is 0 Å². The standard InChI is InChI=1S/C14H20N2O2/c15-13-3-1-12(2-4-13)10-16-7-5-11(6-8-16)9-14(17)18/h1-4,11H,5-10,15H2,(H,17,18). The normalized spacial score (nSPS) is 17.8. The molecule has 0 bridgehead atoms. The van der Waals surface area contributed by atoms with Crippen LogP contribution in [0.5, 0.6) is 0 Å². The summed E-state index contributed by atoms with van der Waals surface area (Å²) < 4.78 is 0. The molecule has 1 heterocycles. The van der Waals surface area contributed by atoms with Gasteiger partial charge in [-0.15, -0.1) is 0 Å². The quantitative estimate of drug-likeness (QED) is 0.799. The Morgan fingerprint density at radius 1 is 1.28 bits per heavy atom. The molecule has 1 aliphatic rings. The number of hydrogen-bond donors (Lipinski definition) is 2. The van der Waals surface area contributed by atoms with E-state index in [1.54, 1.807) is 0 Å². The highest BCUT2D eigenvalue weighted by Gasteiger charge is 2.21. The van der Waals surface area contributed by atoms with Gasteiger partial charge in [-0.2, -0.15) is 0 Å². The molecule has 1 aromatic rings. The van der Waals surface area contributed by atoms with Crippen molar-refractivity contribution >= 4 is 11.7 Å². The van der Waals surface area contributed by atoms with Gasteiger partial charge in [-0.3, -0.25) is 9.69 Å². The van der Waals surface area contributed by atoms with E-state index in [9.17, 15) is 4.79 Å². The lowest BCUT2D eigenvalue weighted by atomic mass is 9.93. The van der Waals surface area contributed by atoms with Crippen LogP contribution in [0, 0.1) is 5.92 Å². The van der Waals surface area contributed by atoms with Crippen LogP contribution in [0.25, 0.3) is 0 Å². The number of rotatable bonds is 4. The summed E-state index contributed by atoms with van der Waals surface area (Å²) >= 11 is 0. The number of anilines is 1. The zero-order valence-electron chi connectivity index (χ0n) is 10.5. The summed E-state index contributed by atoms with van der Waals surface area (Å²) in [5, 5.41) is 8.77. The topological polar surface area (TPSA) is 66.6 Å². The maximum Gasteiger partial charge on any atom is 0.303 e. The van der Waals surface area contributed by atoms with Crippen molar-refractivity contribution in [2.45, 2.75) is 25.8 Å². The van der Waals surface area contributed by atoms with Gasteiger partial charge in [-0.1, -0.05) is 12.1 Å². The molecule has 4 heteroatoms. The molecule has 1 fully saturated rings. The van der Waals surface area contributed by atoms with E-state index in [1.807, 2.05) is 12.1 Å². The van der Waals surface area contributed by atoms with Gasteiger partial charge in [0.25, 0.3) is 0 Å². The van der Waals surface area contributed by atoms with Crippen molar-refractivity contribution in [3.05, 3.63) is 29.8 Å². The Bertz CT molecular complexity index is 395. The second-order valence-electron chi connectivity index (χ2n) is 5.06. The number of aliphatic carboxylic acids is 1. The van der Waals surface area contributed by atoms with Gasteiger partial charge in [0.2, 0.25) is 0 Å². The Labute approximate surface area is 107 Å². The van der Waals surface area contributed by atoms with E-state index in [1.165, 1.54) is 5.56 Å². The molecule has 0 saturated carbocycles. The van der Waals surface area contributed by atoms with E-state index in [-0.39, 0.29) is 0 Å². The third-order valence-corrected chi connectivity index (χ3v) is 3.56. The predicted molar refractivity (Wildman–Crippen MR) is 71.1 cm³/mol. The number of piperidine rings is 1. The molecular formula is C14H20N2O2. The van der Waals surface area contributed by atoms with Crippen LogP contribution in [0.3, 0.4) is 0 Å². The smallest absolute Gasteiger partial charge is 0.303 e. The van der Waals surface area contributed by atoms with Crippen LogP contribution in [0.4, 0.5) is 5.69 Å². The minimum absolute atomic E-state index is 0.315. The number of nitrogen functional groups attached to an aromatic ring is 1. The van der Waals surface area contributed by atoms with E-state index in [2.05, 4.69) is 17.0 Å². The van der Waals surface area contributed by atoms with Crippen molar-refractivity contribution in [1.29, 1.82) is 0 Å². The van der Waals surface area contributed by atoms with E-state index < -0.39 is 5.97 Å². The van der Waals surface area contributed by atoms with Crippen LogP contribution in [-0.2, 0) is 11.3 Å². The molecule has 4 nitrogen and oxygen atoms in total. The summed E-state index contributed by atoms with van der Waals surface area (Å²) in [5.74, 6) is -0.322. The summed E-state index contributed by atoms with van der Waals surface area (Å²) in [7, 11) is 0. The van der Waals surface area contributed by atoms with Crippen LogP contribution in [-0.4, -0.2) is 29.1 Å². The van der Waals surface area contributed by atoms with Gasteiger partial charge in [0.15, 0.2) is 0 Å². The first kappa shape index (κ1) is 12.9. The van der Waals surface area contributed by atoms with Crippen molar-refractivity contribution in [2.75, 3.05) is 18.8 Å². The largest absolute Gasteiger partial charge is 0.481 e. The first-order valence-electron chi connectivity index (χ1n) is 6.42. The average Bonchev–Trinajstić information content (AvgIpc) is 2.34. The fourth-order valence-electron chi connectivity index (χ4n) is 2.48. The first-order valence-corrected chi connectivity index (χ1v) is 6.42. The lowest BCUT2D eigenvalue weighted by molar-refractivity contribution is -0.138. The Kier molecular flexibility index (Phi) is 4.20. The molecule has 2 rings (SSSR count). The van der Waals surface area contributed by atoms with Gasteiger partial charge in [0, 0.05) is 18.7 Å². The number of nitrogens with zero attached hydrogens (tertiary/aromatic N) is 1. The summed E-state index contributed by atoms with van der Waals surface area (Å²) in [6.07, 6.45) is 2.29. The van der Waals surface area contributed by atoms with Crippen LogP contribution in [0.2, 0.25) is 0 Å². The molecule has 0 atom stereocenters. The molecular weight excluding hydrogens is 228 g/mol. The van der Waals surface area contributed by atoms with Crippen LogP contribution >= 0.6 is 0 Å². The summed E-state index contributed by atoms with van der Waals surface area (Å²) in [6, 6.07) is 7.95. The number of nitrogens with two attached hydrogens (primary N) is 1. The van der Waals surface area contributed by atoms with Gasteiger partial charge < -0.3 is 10.8 Å². The molecule has 0 amide bonds. The maximum absolute atomic E-state index is 10.6. The third kappa shape index (κ3) is 3.74. The van der Waals surface area contributed by atoms with E-state index in [0.717, 1.165) is 38.2 Å². The van der Waals surface area contributed by atoms with Crippen LogP contribution < -0.4 is 5.73 Å². The molecule has 0 aromatic heterocycles. The minimum atomic E-state index is -0.674. The highest BCUT2D eigenvalue weighted by Crippen LogP contribution is 2.21. The number of carboxylic acids is 1. The van der Waals surface area contributed by atoms with Crippen molar-refractivity contribution < 1.29 is 9.90 Å². The highest BCUT2D eigenvalue weighted by molar-refractivity contribution is 5.67. The molecule has 0 spiro atoms. The summed E-state index contributed by atoms with van der Waals surface area (Å²) in [4.78, 5) is 13.0. The van der Waals surface area contributed by atoms with Crippen LogP contribution in [0.15, 0.2) is 24.3 Å². The van der Waals surface area contributed by atoms with Crippen molar-refractivity contribution in [1.82, 2.24) is 4.90 Å². The number of benzene rings is 1. The lowest BCUT2D eigenvalue weighted by Crippen LogP contribution is -2.33. The average molecular weight is 248 g/mol. The highest BCUT2D eigenvalue weighted by atomic mass is 16.4. The molecule has 1 saturated heterocycles. The SMILES string of the molecule is Nc1ccc(CN2CCC(CC(=O)O)CC2)cc1. The van der Waals surface area contributed by atoms with Crippen molar-refractivity contribution in [3.63, 3.8) is 0 Å². The first-order chi connectivity index (χ1) is 8.63. The van der Waals surface area contributed by atoms with E-state index in [0.29, 0.717) is 12.3 Å². The van der Waals surface area contributed by atoms with Gasteiger partial charge in [-0.25, -0.2) is 0 Å². The monoisotopic (exact) mass is 248 g/mol. The van der Waals surface area contributed by atoms with E-state index >= 15 is 0 Å². The Morgan fingerprint density at radius 2 is 1.89 bits per heavy atom. The van der Waals surface area contributed by atoms with Gasteiger partial charge in [0.1, 0.15) is 0 Å².